The van der Waals surface area contributed by atoms with E-state index in [1.807, 2.05) is 67.5 Å². The van der Waals surface area contributed by atoms with Crippen LogP contribution in [0.25, 0.3) is 10.9 Å². The molecule has 5 nitrogen and oxygen atoms in total. The molecule has 0 saturated heterocycles. The average molecular weight is 352 g/mol. The number of benzene rings is 2. The fourth-order valence-corrected chi connectivity index (χ4v) is 2.83. The number of fused-ring (bicyclic) bond motifs is 1. The number of rotatable bonds is 5. The van der Waals surface area contributed by atoms with Crippen LogP contribution >= 0.6 is 11.6 Å². The van der Waals surface area contributed by atoms with Gasteiger partial charge in [0.05, 0.1) is 5.52 Å². The van der Waals surface area contributed by atoms with Gasteiger partial charge >= 0.3 is 0 Å². The molecule has 0 saturated carbocycles. The number of anilines is 2. The first-order chi connectivity index (χ1) is 12.1. The van der Waals surface area contributed by atoms with Crippen LogP contribution in [0.4, 0.5) is 11.5 Å². The third kappa shape index (κ3) is 3.81. The fraction of sp³-hybridized carbons (Fsp3) is 0.211. The highest BCUT2D eigenvalue weighted by atomic mass is 35.5. The van der Waals surface area contributed by atoms with E-state index in [0.29, 0.717) is 12.4 Å². The molecule has 0 aliphatic carbocycles. The largest absolute Gasteiger partial charge is 0.378 e. The Hall–Kier alpha value is -2.84. The zero-order chi connectivity index (χ0) is 17.8. The topological polar surface area (TPSA) is 64.8 Å². The minimum absolute atomic E-state index is 0.158. The number of nitrogens with zero attached hydrogens (tertiary/aromatic N) is 4. The smallest absolute Gasteiger partial charge is 0.234 e. The van der Waals surface area contributed by atoms with Crippen LogP contribution in [0.5, 0.6) is 0 Å². The van der Waals surface area contributed by atoms with Crippen LogP contribution in [0, 0.1) is 11.3 Å². The third-order valence-corrected chi connectivity index (χ3v) is 4.31. The quantitative estimate of drug-likeness (QED) is 0.755. The molecule has 0 bridgehead atoms. The third-order valence-electron chi connectivity index (χ3n) is 3.94. The maximum Gasteiger partial charge on any atom is 0.234 e. The van der Waals surface area contributed by atoms with Gasteiger partial charge in [0, 0.05) is 36.7 Å². The van der Waals surface area contributed by atoms with Crippen molar-refractivity contribution in [3.05, 3.63) is 58.9 Å². The van der Waals surface area contributed by atoms with Crippen LogP contribution in [-0.4, -0.2) is 30.6 Å². The zero-order valence-electron chi connectivity index (χ0n) is 14.1. The van der Waals surface area contributed by atoms with Crippen molar-refractivity contribution in [2.45, 2.75) is 6.42 Å². The van der Waals surface area contributed by atoms with Crippen LogP contribution < -0.4 is 10.2 Å². The van der Waals surface area contributed by atoms with E-state index in [9.17, 15) is 5.26 Å². The lowest BCUT2D eigenvalue weighted by molar-refractivity contribution is 1.00. The van der Waals surface area contributed by atoms with Gasteiger partial charge in [-0.15, -0.1) is 0 Å². The molecular weight excluding hydrogens is 334 g/mol. The van der Waals surface area contributed by atoms with Crippen molar-refractivity contribution in [3.63, 3.8) is 0 Å². The normalized spacial score (nSPS) is 10.5. The molecule has 0 amide bonds. The van der Waals surface area contributed by atoms with Gasteiger partial charge < -0.3 is 10.2 Å². The molecule has 1 heterocycles. The van der Waals surface area contributed by atoms with Crippen molar-refractivity contribution in [2.24, 2.45) is 0 Å². The molecule has 0 aliphatic heterocycles. The lowest BCUT2D eigenvalue weighted by atomic mass is 10.1. The Morgan fingerprint density at radius 2 is 1.96 bits per heavy atom. The van der Waals surface area contributed by atoms with Crippen molar-refractivity contribution in [1.82, 2.24) is 9.97 Å². The van der Waals surface area contributed by atoms with Gasteiger partial charge in [-0.2, -0.15) is 5.26 Å². The molecular formula is C19H18ClN5. The Labute approximate surface area is 151 Å². The first-order valence-electron chi connectivity index (χ1n) is 7.95. The number of nitriles is 1. The summed E-state index contributed by atoms with van der Waals surface area (Å²) in [4.78, 5) is 10.6. The molecule has 0 spiro atoms. The first kappa shape index (κ1) is 17.0. The predicted molar refractivity (Wildman–Crippen MR) is 102 cm³/mol. The molecule has 0 radical (unpaired) electrons. The van der Waals surface area contributed by atoms with Gasteiger partial charge in [-0.25, -0.2) is 9.97 Å². The standard InChI is InChI=1S/C19H18ClN5/c1-25(2)14-7-8-17-15(11-14)19(24-18(12-21)23-17)22-10-9-13-5-3-4-6-16(13)20/h3-8,11H,9-10H2,1-2H3,(H,22,23,24). The molecule has 1 aromatic heterocycles. The highest BCUT2D eigenvalue weighted by Crippen LogP contribution is 2.25. The second-order valence-electron chi connectivity index (χ2n) is 5.87. The van der Waals surface area contributed by atoms with Gasteiger partial charge in [0.1, 0.15) is 11.9 Å². The highest BCUT2D eigenvalue weighted by Gasteiger charge is 2.09. The van der Waals surface area contributed by atoms with Gasteiger partial charge in [0.15, 0.2) is 0 Å². The summed E-state index contributed by atoms with van der Waals surface area (Å²) in [6.45, 7) is 0.660. The van der Waals surface area contributed by atoms with Crippen LogP contribution in [0.15, 0.2) is 42.5 Å². The van der Waals surface area contributed by atoms with E-state index in [4.69, 9.17) is 11.6 Å². The Bertz CT molecular complexity index is 946. The molecule has 126 valence electrons. The van der Waals surface area contributed by atoms with Gasteiger partial charge in [-0.1, -0.05) is 29.8 Å². The Kier molecular flexibility index (Phi) is 5.01. The molecule has 0 fully saturated rings. The van der Waals surface area contributed by atoms with E-state index in [2.05, 4.69) is 15.3 Å². The lowest BCUT2D eigenvalue weighted by Crippen LogP contribution is -2.10. The molecule has 0 atom stereocenters. The molecule has 1 N–H and O–H groups in total. The fourth-order valence-electron chi connectivity index (χ4n) is 2.60. The Balaban J connectivity index is 1.89. The van der Waals surface area contributed by atoms with Gasteiger partial charge in [-0.3, -0.25) is 0 Å². The van der Waals surface area contributed by atoms with E-state index < -0.39 is 0 Å². The van der Waals surface area contributed by atoms with E-state index in [0.717, 1.165) is 33.6 Å². The van der Waals surface area contributed by atoms with Crippen molar-refractivity contribution >= 4 is 34.0 Å². The van der Waals surface area contributed by atoms with Crippen molar-refractivity contribution in [2.75, 3.05) is 30.9 Å². The summed E-state index contributed by atoms with van der Waals surface area (Å²) in [6.07, 6.45) is 0.764. The van der Waals surface area contributed by atoms with Gasteiger partial charge in [-0.05, 0) is 36.2 Å². The van der Waals surface area contributed by atoms with Crippen LogP contribution in [0.2, 0.25) is 5.02 Å². The molecule has 6 heteroatoms. The second kappa shape index (κ2) is 7.37. The molecule has 25 heavy (non-hydrogen) atoms. The lowest BCUT2D eigenvalue weighted by Gasteiger charge is -2.15. The maximum atomic E-state index is 9.18. The molecule has 0 unspecified atom stereocenters. The number of hydrogen-bond donors (Lipinski definition) is 1. The van der Waals surface area contributed by atoms with Crippen LogP contribution in [0.1, 0.15) is 11.4 Å². The van der Waals surface area contributed by atoms with Gasteiger partial charge in [0.2, 0.25) is 5.82 Å². The van der Waals surface area contributed by atoms with E-state index in [1.54, 1.807) is 0 Å². The molecule has 0 aliphatic rings. The number of halogens is 1. The monoisotopic (exact) mass is 351 g/mol. The van der Waals surface area contributed by atoms with E-state index >= 15 is 0 Å². The summed E-state index contributed by atoms with van der Waals surface area (Å²) in [5.74, 6) is 0.822. The minimum atomic E-state index is 0.158. The SMILES string of the molecule is CN(C)c1ccc2nc(C#N)nc(NCCc3ccccc3Cl)c2c1. The molecule has 3 aromatic rings. The summed E-state index contributed by atoms with van der Waals surface area (Å²) < 4.78 is 0. The van der Waals surface area contributed by atoms with Crippen molar-refractivity contribution in [1.29, 1.82) is 5.26 Å². The summed E-state index contributed by atoms with van der Waals surface area (Å²) in [7, 11) is 3.96. The number of hydrogen-bond acceptors (Lipinski definition) is 5. The van der Waals surface area contributed by atoms with Crippen molar-refractivity contribution in [3.8, 4) is 6.07 Å². The van der Waals surface area contributed by atoms with Gasteiger partial charge in [0.25, 0.3) is 0 Å². The minimum Gasteiger partial charge on any atom is -0.378 e. The van der Waals surface area contributed by atoms with E-state index in [-0.39, 0.29) is 5.82 Å². The zero-order valence-corrected chi connectivity index (χ0v) is 14.9. The van der Waals surface area contributed by atoms with Crippen LogP contribution in [-0.2, 0) is 6.42 Å². The summed E-state index contributed by atoms with van der Waals surface area (Å²) in [5.41, 5.74) is 2.87. The summed E-state index contributed by atoms with van der Waals surface area (Å²) in [6, 6.07) is 15.7. The van der Waals surface area contributed by atoms with Crippen LogP contribution in [0.3, 0.4) is 0 Å². The Morgan fingerprint density at radius 1 is 1.16 bits per heavy atom. The molecule has 3 rings (SSSR count). The average Bonchev–Trinajstić information content (AvgIpc) is 2.62. The Morgan fingerprint density at radius 3 is 2.68 bits per heavy atom. The molecule has 2 aromatic carbocycles. The van der Waals surface area contributed by atoms with Crippen molar-refractivity contribution < 1.29 is 0 Å². The first-order valence-corrected chi connectivity index (χ1v) is 8.33. The predicted octanol–water partition coefficient (Wildman–Crippen LogP) is 3.88. The summed E-state index contributed by atoms with van der Waals surface area (Å²) >= 11 is 6.20. The highest BCUT2D eigenvalue weighted by molar-refractivity contribution is 6.31. The number of aromatic nitrogens is 2. The van der Waals surface area contributed by atoms with E-state index in [1.165, 1.54) is 0 Å². The maximum absolute atomic E-state index is 9.18. The second-order valence-corrected chi connectivity index (χ2v) is 6.28. The summed E-state index contributed by atoms with van der Waals surface area (Å²) in [5, 5.41) is 14.1. The number of nitrogens with one attached hydrogen (secondary N) is 1.